The third-order valence-electron chi connectivity index (χ3n) is 7.73. The molecule has 1 fully saturated rings. The van der Waals surface area contributed by atoms with Crippen molar-refractivity contribution < 1.29 is 23.0 Å². The summed E-state index contributed by atoms with van der Waals surface area (Å²) in [6.07, 6.45) is 3.62. The SMILES string of the molecule is CC1OC(c2ccc(C(F)(F)F)cc2)c2c1nc1c(c2C2CCCC2)[C@@H](O)CC(C)(C)C1.CCC.CCSC. The highest BCUT2D eigenvalue weighted by Gasteiger charge is 2.43. The topological polar surface area (TPSA) is 42.4 Å². The number of halogens is 3. The maximum atomic E-state index is 13.1. The third kappa shape index (κ3) is 7.39. The van der Waals surface area contributed by atoms with Crippen molar-refractivity contribution in [1.82, 2.24) is 4.98 Å². The minimum Gasteiger partial charge on any atom is -0.388 e. The van der Waals surface area contributed by atoms with Gasteiger partial charge < -0.3 is 9.84 Å². The smallest absolute Gasteiger partial charge is 0.388 e. The van der Waals surface area contributed by atoms with Crippen LogP contribution in [0.15, 0.2) is 24.3 Å². The van der Waals surface area contributed by atoms with E-state index < -0.39 is 23.9 Å². The molecule has 1 aromatic heterocycles. The summed E-state index contributed by atoms with van der Waals surface area (Å²) >= 11 is 1.86. The average molecular weight is 566 g/mol. The predicted molar refractivity (Wildman–Crippen MR) is 155 cm³/mol. The molecule has 0 saturated heterocycles. The minimum absolute atomic E-state index is 0.0316. The zero-order valence-corrected chi connectivity index (χ0v) is 25.4. The molecule has 1 aromatic carbocycles. The first kappa shape index (κ1) is 32.0. The zero-order chi connectivity index (χ0) is 29.0. The standard InChI is InChI=1S/C26H30F3NO2.C3H8S.C3H8/c1-14-23-22(24(32-14)16-8-10-17(11-9-16)26(27,28)29)20(15-6-4-5-7-15)21-18(30-23)12-25(2,3)13-19(21)31;1-3-4-2;1-3-2/h8-11,14-15,19,24,31H,4-7,12-13H2,1-3H3;3H2,1-2H3;3H2,1-2H3/t14?,19-,24?;;/m0../s1. The number of pyridine rings is 1. The van der Waals surface area contributed by atoms with Crippen LogP contribution in [0.5, 0.6) is 0 Å². The van der Waals surface area contributed by atoms with Gasteiger partial charge in [0.25, 0.3) is 0 Å². The van der Waals surface area contributed by atoms with Gasteiger partial charge in [-0.25, -0.2) is 0 Å². The van der Waals surface area contributed by atoms with Gasteiger partial charge in [-0.15, -0.1) is 0 Å². The van der Waals surface area contributed by atoms with E-state index in [0.717, 1.165) is 66.8 Å². The number of hydrogen-bond donors (Lipinski definition) is 1. The Kier molecular flexibility index (Phi) is 11.0. The second-order valence-electron chi connectivity index (χ2n) is 11.8. The molecule has 0 radical (unpaired) electrons. The second kappa shape index (κ2) is 13.4. The van der Waals surface area contributed by atoms with Crippen molar-refractivity contribution in [3.8, 4) is 0 Å². The molecule has 2 aromatic rings. The number of thioether (sulfide) groups is 1. The van der Waals surface area contributed by atoms with E-state index in [0.29, 0.717) is 17.9 Å². The molecule has 1 N–H and O–H groups in total. The Labute approximate surface area is 237 Å². The van der Waals surface area contributed by atoms with Crippen LogP contribution in [0.4, 0.5) is 13.2 Å². The quantitative estimate of drug-likeness (QED) is 0.402. The van der Waals surface area contributed by atoms with Crippen molar-refractivity contribution in [2.24, 2.45) is 5.41 Å². The van der Waals surface area contributed by atoms with Gasteiger partial charge in [0.2, 0.25) is 0 Å². The number of benzene rings is 1. The van der Waals surface area contributed by atoms with Gasteiger partial charge in [-0.1, -0.05) is 66.0 Å². The van der Waals surface area contributed by atoms with E-state index in [1.54, 1.807) is 0 Å². The molecule has 7 heteroatoms. The van der Waals surface area contributed by atoms with E-state index in [4.69, 9.17) is 9.72 Å². The lowest BCUT2D eigenvalue weighted by Gasteiger charge is -2.37. The molecule has 3 nitrogen and oxygen atoms in total. The fourth-order valence-electron chi connectivity index (χ4n) is 6.03. The molecule has 1 aliphatic heterocycles. The van der Waals surface area contributed by atoms with Gasteiger partial charge >= 0.3 is 6.18 Å². The Hall–Kier alpha value is -1.57. The largest absolute Gasteiger partial charge is 0.416 e. The van der Waals surface area contributed by atoms with E-state index >= 15 is 0 Å². The Morgan fingerprint density at radius 3 is 2.10 bits per heavy atom. The average Bonchev–Trinajstić information content (AvgIpc) is 3.51. The summed E-state index contributed by atoms with van der Waals surface area (Å²) in [6, 6.07) is 5.29. The van der Waals surface area contributed by atoms with Crippen LogP contribution in [0.25, 0.3) is 0 Å². The highest BCUT2D eigenvalue weighted by molar-refractivity contribution is 7.98. The van der Waals surface area contributed by atoms with Crippen LogP contribution < -0.4 is 0 Å². The van der Waals surface area contributed by atoms with Crippen LogP contribution in [0.3, 0.4) is 0 Å². The fraction of sp³-hybridized carbons (Fsp3) is 0.656. The fourth-order valence-corrected chi connectivity index (χ4v) is 6.03. The molecule has 0 amide bonds. The molecule has 2 unspecified atom stereocenters. The molecular formula is C32H46F3NO2S. The Balaban J connectivity index is 0.000000542. The zero-order valence-electron chi connectivity index (χ0n) is 24.6. The molecule has 0 spiro atoms. The number of hydrogen-bond acceptors (Lipinski definition) is 4. The number of aliphatic hydroxyl groups is 1. The number of nitrogens with zero attached hydrogens (tertiary/aromatic N) is 1. The van der Waals surface area contributed by atoms with Crippen molar-refractivity contribution >= 4 is 11.8 Å². The summed E-state index contributed by atoms with van der Waals surface area (Å²) < 4.78 is 45.6. The van der Waals surface area contributed by atoms with Gasteiger partial charge in [-0.3, -0.25) is 4.98 Å². The highest BCUT2D eigenvalue weighted by Crippen LogP contribution is 2.53. The van der Waals surface area contributed by atoms with Crippen LogP contribution in [-0.4, -0.2) is 22.1 Å². The second-order valence-corrected chi connectivity index (χ2v) is 12.9. The Bertz CT molecular complexity index is 1080. The molecular weight excluding hydrogens is 519 g/mol. The monoisotopic (exact) mass is 565 g/mol. The summed E-state index contributed by atoms with van der Waals surface area (Å²) in [5, 5.41) is 11.2. The normalized spacial score (nSPS) is 23.7. The van der Waals surface area contributed by atoms with Crippen LogP contribution in [0, 0.1) is 5.41 Å². The van der Waals surface area contributed by atoms with E-state index in [1.165, 1.54) is 29.9 Å². The summed E-state index contributed by atoms with van der Waals surface area (Å²) in [5.41, 5.74) is 4.99. The van der Waals surface area contributed by atoms with Crippen LogP contribution in [0.1, 0.15) is 144 Å². The summed E-state index contributed by atoms with van der Waals surface area (Å²) in [5.74, 6) is 1.57. The summed E-state index contributed by atoms with van der Waals surface area (Å²) in [7, 11) is 0. The minimum atomic E-state index is -4.37. The molecule has 3 aliphatic rings. The summed E-state index contributed by atoms with van der Waals surface area (Å²) in [6.45, 7) is 12.7. The first-order valence-electron chi connectivity index (χ1n) is 14.4. The first-order chi connectivity index (χ1) is 18.4. The molecule has 39 heavy (non-hydrogen) atoms. The van der Waals surface area contributed by atoms with E-state index in [9.17, 15) is 18.3 Å². The number of aliphatic hydroxyl groups excluding tert-OH is 1. The van der Waals surface area contributed by atoms with Crippen molar-refractivity contribution in [2.75, 3.05) is 12.0 Å². The lowest BCUT2D eigenvalue weighted by atomic mass is 9.71. The summed E-state index contributed by atoms with van der Waals surface area (Å²) in [4.78, 5) is 5.02. The van der Waals surface area contributed by atoms with Crippen molar-refractivity contribution in [3.63, 3.8) is 0 Å². The Morgan fingerprint density at radius 2 is 1.59 bits per heavy atom. The number of aromatic nitrogens is 1. The molecule has 0 bridgehead atoms. The van der Waals surface area contributed by atoms with Gasteiger partial charge in [0, 0.05) is 16.8 Å². The van der Waals surface area contributed by atoms with Crippen LogP contribution in [-0.2, 0) is 17.3 Å². The van der Waals surface area contributed by atoms with Gasteiger partial charge in [0.05, 0.1) is 23.5 Å². The van der Waals surface area contributed by atoms with Gasteiger partial charge in [0.1, 0.15) is 6.10 Å². The van der Waals surface area contributed by atoms with Crippen LogP contribution >= 0.6 is 11.8 Å². The van der Waals surface area contributed by atoms with Gasteiger partial charge in [-0.05, 0) is 79.2 Å². The van der Waals surface area contributed by atoms with Gasteiger partial charge in [-0.2, -0.15) is 24.9 Å². The lowest BCUT2D eigenvalue weighted by Crippen LogP contribution is -2.29. The highest BCUT2D eigenvalue weighted by atomic mass is 32.2. The molecule has 218 valence electrons. The molecule has 5 rings (SSSR count). The molecule has 1 saturated carbocycles. The Morgan fingerprint density at radius 1 is 1.03 bits per heavy atom. The maximum Gasteiger partial charge on any atom is 0.416 e. The van der Waals surface area contributed by atoms with E-state index in [1.807, 2.05) is 18.7 Å². The number of ether oxygens (including phenoxy) is 1. The number of fused-ring (bicyclic) bond motifs is 2. The number of rotatable bonds is 3. The van der Waals surface area contributed by atoms with Gasteiger partial charge in [0.15, 0.2) is 0 Å². The molecule has 2 heterocycles. The first-order valence-corrected chi connectivity index (χ1v) is 15.8. The molecule has 3 atom stereocenters. The van der Waals surface area contributed by atoms with Crippen molar-refractivity contribution in [1.29, 1.82) is 0 Å². The third-order valence-corrected chi connectivity index (χ3v) is 8.31. The molecule has 2 aliphatic carbocycles. The van der Waals surface area contributed by atoms with E-state index in [2.05, 4.69) is 40.9 Å². The maximum absolute atomic E-state index is 13.1. The number of alkyl halides is 3. The van der Waals surface area contributed by atoms with E-state index in [-0.39, 0.29) is 11.5 Å². The lowest BCUT2D eigenvalue weighted by molar-refractivity contribution is -0.137. The van der Waals surface area contributed by atoms with Crippen LogP contribution in [0.2, 0.25) is 0 Å². The van der Waals surface area contributed by atoms with Crippen molar-refractivity contribution in [3.05, 3.63) is 63.5 Å². The van der Waals surface area contributed by atoms with Crippen molar-refractivity contribution in [2.45, 2.75) is 117 Å². The predicted octanol–water partition coefficient (Wildman–Crippen LogP) is 9.73.